The van der Waals surface area contributed by atoms with Crippen molar-refractivity contribution >= 4 is 10.0 Å². The van der Waals surface area contributed by atoms with Crippen molar-refractivity contribution in [3.8, 4) is 0 Å². The zero-order valence-electron chi connectivity index (χ0n) is 10.2. The van der Waals surface area contributed by atoms with E-state index < -0.39 is 15.4 Å². The Morgan fingerprint density at radius 1 is 1.33 bits per heavy atom. The minimum Gasteiger partial charge on any atom is -0.396 e. The Morgan fingerprint density at radius 3 is 2.39 bits per heavy atom. The summed E-state index contributed by atoms with van der Waals surface area (Å²) in [5.41, 5.74) is 0.547. The second-order valence-electron chi connectivity index (χ2n) is 4.79. The van der Waals surface area contributed by atoms with E-state index in [1.165, 1.54) is 0 Å². The number of aliphatic hydroxyl groups excluding tert-OH is 1. The molecule has 1 aliphatic heterocycles. The van der Waals surface area contributed by atoms with Gasteiger partial charge in [-0.25, -0.2) is 13.1 Å². The Bertz CT molecular complexity index is 500. The predicted octanol–water partition coefficient (Wildman–Crippen LogP) is 0.282. The quantitative estimate of drug-likeness (QED) is 0.806. The summed E-state index contributed by atoms with van der Waals surface area (Å²) in [7, 11) is -3.51. The third-order valence-electron chi connectivity index (χ3n) is 3.12. The first-order valence-corrected chi connectivity index (χ1v) is 7.21. The Balaban J connectivity index is 2.05. The van der Waals surface area contributed by atoms with Gasteiger partial charge in [0.1, 0.15) is 0 Å². The number of hydrogen-bond donors (Lipinski definition) is 2. The highest BCUT2D eigenvalue weighted by Gasteiger charge is 2.39. The minimum absolute atomic E-state index is 0.0799. The number of aryl methyl sites for hydroxylation is 1. The maximum Gasteiger partial charge on any atom is 0.240 e. The number of sulfonamides is 1. The fourth-order valence-electron chi connectivity index (χ4n) is 1.69. The predicted molar refractivity (Wildman–Crippen MR) is 66.7 cm³/mol. The largest absolute Gasteiger partial charge is 0.396 e. The lowest BCUT2D eigenvalue weighted by atomic mass is 9.87. The fraction of sp³-hybridized carbons (Fsp3) is 0.500. The van der Waals surface area contributed by atoms with Gasteiger partial charge in [0.05, 0.1) is 30.1 Å². The monoisotopic (exact) mass is 271 g/mol. The molecule has 0 amide bonds. The molecule has 100 valence electrons. The summed E-state index contributed by atoms with van der Waals surface area (Å²) in [6.45, 7) is 2.79. The molecule has 1 aromatic rings. The van der Waals surface area contributed by atoms with Gasteiger partial charge in [0.15, 0.2) is 0 Å². The molecule has 1 heterocycles. The van der Waals surface area contributed by atoms with Crippen LogP contribution in [0.1, 0.15) is 5.56 Å². The molecule has 5 nitrogen and oxygen atoms in total. The van der Waals surface area contributed by atoms with Crippen LogP contribution in [0.4, 0.5) is 0 Å². The van der Waals surface area contributed by atoms with E-state index in [2.05, 4.69) is 4.72 Å². The van der Waals surface area contributed by atoms with Crippen molar-refractivity contribution in [2.24, 2.45) is 5.41 Å². The van der Waals surface area contributed by atoms with Gasteiger partial charge in [0.25, 0.3) is 0 Å². The molecular weight excluding hydrogens is 254 g/mol. The third kappa shape index (κ3) is 2.72. The molecule has 1 saturated heterocycles. The van der Waals surface area contributed by atoms with E-state index in [1.807, 2.05) is 6.92 Å². The number of rotatable bonds is 5. The first kappa shape index (κ1) is 13.5. The third-order valence-corrected chi connectivity index (χ3v) is 4.54. The summed E-state index contributed by atoms with van der Waals surface area (Å²) in [4.78, 5) is 0.237. The van der Waals surface area contributed by atoms with Crippen molar-refractivity contribution in [2.45, 2.75) is 11.8 Å². The van der Waals surface area contributed by atoms with Crippen molar-refractivity contribution in [1.29, 1.82) is 0 Å². The Kier molecular flexibility index (Phi) is 3.72. The molecule has 1 aliphatic rings. The normalized spacial score (nSPS) is 18.3. The van der Waals surface area contributed by atoms with Crippen LogP contribution in [0.3, 0.4) is 0 Å². The van der Waals surface area contributed by atoms with Crippen molar-refractivity contribution < 1.29 is 18.3 Å². The highest BCUT2D eigenvalue weighted by Crippen LogP contribution is 2.26. The van der Waals surface area contributed by atoms with Crippen LogP contribution in [0.2, 0.25) is 0 Å². The molecule has 0 bridgehead atoms. The van der Waals surface area contributed by atoms with Crippen molar-refractivity contribution in [3.63, 3.8) is 0 Å². The maximum absolute atomic E-state index is 12.0. The van der Waals surface area contributed by atoms with Crippen LogP contribution >= 0.6 is 0 Å². The lowest BCUT2D eigenvalue weighted by Gasteiger charge is -2.39. The van der Waals surface area contributed by atoms with Crippen LogP contribution in [-0.2, 0) is 14.8 Å². The molecule has 2 rings (SSSR count). The van der Waals surface area contributed by atoms with E-state index in [4.69, 9.17) is 4.74 Å². The van der Waals surface area contributed by atoms with E-state index in [0.717, 1.165) is 5.56 Å². The molecule has 1 aromatic carbocycles. The van der Waals surface area contributed by atoms with Crippen LogP contribution in [0.15, 0.2) is 29.2 Å². The molecule has 0 radical (unpaired) electrons. The highest BCUT2D eigenvalue weighted by atomic mass is 32.2. The van der Waals surface area contributed by atoms with Crippen LogP contribution in [0, 0.1) is 12.3 Å². The number of nitrogens with one attached hydrogen (secondary N) is 1. The Hall–Kier alpha value is -0.950. The number of aliphatic hydroxyl groups is 1. The molecular formula is C12H17NO4S. The van der Waals surface area contributed by atoms with Gasteiger partial charge in [-0.3, -0.25) is 0 Å². The average molecular weight is 271 g/mol. The first-order valence-electron chi connectivity index (χ1n) is 5.72. The van der Waals surface area contributed by atoms with Crippen molar-refractivity contribution in [1.82, 2.24) is 4.72 Å². The standard InChI is InChI=1S/C12H17NO4S/c1-10-2-4-11(5-3-10)18(15,16)13-6-12(7-14)8-17-9-12/h2-5,13-14H,6-9H2,1H3. The van der Waals surface area contributed by atoms with Crippen molar-refractivity contribution in [3.05, 3.63) is 29.8 Å². The summed E-state index contributed by atoms with van der Waals surface area (Å²) in [6.07, 6.45) is 0. The van der Waals surface area contributed by atoms with Crippen LogP contribution < -0.4 is 4.72 Å². The van der Waals surface area contributed by atoms with E-state index >= 15 is 0 Å². The van der Waals surface area contributed by atoms with Gasteiger partial charge in [-0.15, -0.1) is 0 Å². The fourth-order valence-corrected chi connectivity index (χ4v) is 2.85. The zero-order valence-corrected chi connectivity index (χ0v) is 11.0. The number of hydrogen-bond acceptors (Lipinski definition) is 4. The molecule has 2 N–H and O–H groups in total. The number of benzene rings is 1. The maximum atomic E-state index is 12.0. The van der Waals surface area contributed by atoms with Gasteiger partial charge in [0, 0.05) is 6.54 Å². The molecule has 18 heavy (non-hydrogen) atoms. The summed E-state index contributed by atoms with van der Waals surface area (Å²) in [5.74, 6) is 0. The van der Waals surface area contributed by atoms with Crippen LogP contribution in [-0.4, -0.2) is 39.9 Å². The molecule has 0 spiro atoms. The molecule has 0 aliphatic carbocycles. The summed E-state index contributed by atoms with van der Waals surface area (Å²) >= 11 is 0. The van der Waals surface area contributed by atoms with Gasteiger partial charge in [-0.1, -0.05) is 17.7 Å². The van der Waals surface area contributed by atoms with Crippen LogP contribution in [0.5, 0.6) is 0 Å². The average Bonchev–Trinajstić information content (AvgIpc) is 2.29. The molecule has 6 heteroatoms. The number of ether oxygens (including phenoxy) is 1. The topological polar surface area (TPSA) is 75.6 Å². The van der Waals surface area contributed by atoms with E-state index in [-0.39, 0.29) is 18.0 Å². The molecule has 0 aromatic heterocycles. The second-order valence-corrected chi connectivity index (χ2v) is 6.56. The molecule has 0 saturated carbocycles. The summed E-state index contributed by atoms with van der Waals surface area (Å²) < 4.78 is 31.6. The van der Waals surface area contributed by atoms with Gasteiger partial charge in [-0.05, 0) is 19.1 Å². The van der Waals surface area contributed by atoms with Gasteiger partial charge in [0.2, 0.25) is 10.0 Å². The highest BCUT2D eigenvalue weighted by molar-refractivity contribution is 7.89. The Morgan fingerprint density at radius 2 is 1.94 bits per heavy atom. The molecule has 0 unspecified atom stereocenters. The smallest absolute Gasteiger partial charge is 0.240 e. The lowest BCUT2D eigenvalue weighted by Crippen LogP contribution is -2.53. The molecule has 1 fully saturated rings. The second kappa shape index (κ2) is 4.97. The van der Waals surface area contributed by atoms with Crippen molar-refractivity contribution in [2.75, 3.05) is 26.4 Å². The van der Waals surface area contributed by atoms with Gasteiger partial charge in [-0.2, -0.15) is 0 Å². The zero-order chi connectivity index (χ0) is 13.2. The van der Waals surface area contributed by atoms with E-state index in [1.54, 1.807) is 24.3 Å². The van der Waals surface area contributed by atoms with Crippen LogP contribution in [0.25, 0.3) is 0 Å². The Labute approximate surface area is 107 Å². The van der Waals surface area contributed by atoms with Gasteiger partial charge < -0.3 is 9.84 Å². The summed E-state index contributed by atoms with van der Waals surface area (Å²) in [5, 5.41) is 9.23. The van der Waals surface area contributed by atoms with Gasteiger partial charge >= 0.3 is 0 Å². The molecule has 0 atom stereocenters. The van der Waals surface area contributed by atoms with E-state index in [9.17, 15) is 13.5 Å². The first-order chi connectivity index (χ1) is 8.47. The van der Waals surface area contributed by atoms with E-state index in [0.29, 0.717) is 13.2 Å². The summed E-state index contributed by atoms with van der Waals surface area (Å²) in [6, 6.07) is 6.65. The SMILES string of the molecule is Cc1ccc(S(=O)(=O)NCC2(CO)COC2)cc1. The minimum atomic E-state index is -3.51. The lowest BCUT2D eigenvalue weighted by molar-refractivity contribution is -0.132.